The first kappa shape index (κ1) is 13.3. The van der Waals surface area contributed by atoms with Gasteiger partial charge in [-0.3, -0.25) is 4.79 Å². The fourth-order valence-corrected chi connectivity index (χ4v) is 1.27. The van der Waals surface area contributed by atoms with Gasteiger partial charge in [-0.1, -0.05) is 13.8 Å². The number of hydrogen-bond acceptors (Lipinski definition) is 4. The van der Waals surface area contributed by atoms with Crippen LogP contribution in [0.15, 0.2) is 6.33 Å². The Hall–Kier alpha value is -1.72. The highest BCUT2D eigenvalue weighted by atomic mass is 19.1. The summed E-state index contributed by atoms with van der Waals surface area (Å²) >= 11 is 0. The Bertz CT molecular complexity index is 384. The second-order valence-corrected chi connectivity index (χ2v) is 3.54. The normalized spacial score (nSPS) is 10.1. The molecule has 5 nitrogen and oxygen atoms in total. The van der Waals surface area contributed by atoms with E-state index in [1.54, 1.807) is 0 Å². The van der Waals surface area contributed by atoms with Crippen LogP contribution in [-0.2, 0) is 11.2 Å². The van der Waals surface area contributed by atoms with Gasteiger partial charge in [-0.15, -0.1) is 0 Å². The predicted octanol–water partition coefficient (Wildman–Crippen LogP) is 1.12. The molecule has 94 valence electrons. The van der Waals surface area contributed by atoms with E-state index in [0.717, 1.165) is 6.42 Å². The Morgan fingerprint density at radius 3 is 2.82 bits per heavy atom. The molecule has 0 fully saturated rings. The molecule has 0 atom stereocenters. The summed E-state index contributed by atoms with van der Waals surface area (Å²) < 4.78 is 13.7. The van der Waals surface area contributed by atoms with E-state index in [4.69, 9.17) is 0 Å². The van der Waals surface area contributed by atoms with Gasteiger partial charge >= 0.3 is 0 Å². The molecule has 0 saturated heterocycles. The average Bonchev–Trinajstić information content (AvgIpc) is 2.35. The molecule has 0 aliphatic rings. The SMILES string of the molecule is CCCNC(=O)CNc1ncnc(CC)c1F. The Labute approximate surface area is 99.9 Å². The van der Waals surface area contributed by atoms with E-state index in [1.165, 1.54) is 6.33 Å². The van der Waals surface area contributed by atoms with Crippen molar-refractivity contribution in [3.05, 3.63) is 17.8 Å². The Kier molecular flexibility index (Phi) is 5.32. The minimum atomic E-state index is -0.488. The maximum Gasteiger partial charge on any atom is 0.239 e. The van der Waals surface area contributed by atoms with Crippen molar-refractivity contribution in [3.63, 3.8) is 0 Å². The fraction of sp³-hybridized carbons (Fsp3) is 0.545. The van der Waals surface area contributed by atoms with Gasteiger partial charge in [-0.25, -0.2) is 14.4 Å². The van der Waals surface area contributed by atoms with Gasteiger partial charge in [-0.05, 0) is 12.8 Å². The number of halogens is 1. The lowest BCUT2D eigenvalue weighted by atomic mass is 10.3. The van der Waals surface area contributed by atoms with Gasteiger partial charge in [-0.2, -0.15) is 0 Å². The highest BCUT2D eigenvalue weighted by molar-refractivity contribution is 5.80. The maximum atomic E-state index is 13.7. The summed E-state index contributed by atoms with van der Waals surface area (Å²) in [5.74, 6) is -0.593. The van der Waals surface area contributed by atoms with Crippen LogP contribution in [0.3, 0.4) is 0 Å². The number of nitrogens with one attached hydrogen (secondary N) is 2. The molecule has 1 rings (SSSR count). The van der Waals surface area contributed by atoms with Crippen LogP contribution in [-0.4, -0.2) is 29.0 Å². The van der Waals surface area contributed by atoms with Crippen molar-refractivity contribution < 1.29 is 9.18 Å². The van der Waals surface area contributed by atoms with Gasteiger partial charge in [0.2, 0.25) is 5.91 Å². The van der Waals surface area contributed by atoms with Crippen LogP contribution in [0.4, 0.5) is 10.2 Å². The van der Waals surface area contributed by atoms with E-state index < -0.39 is 5.82 Å². The summed E-state index contributed by atoms with van der Waals surface area (Å²) in [6.45, 7) is 4.40. The molecule has 0 bridgehead atoms. The zero-order valence-electron chi connectivity index (χ0n) is 10.1. The lowest BCUT2D eigenvalue weighted by molar-refractivity contribution is -0.119. The molecule has 0 unspecified atom stereocenters. The molecule has 2 N–H and O–H groups in total. The van der Waals surface area contributed by atoms with Crippen molar-refractivity contribution >= 4 is 11.7 Å². The van der Waals surface area contributed by atoms with Crippen molar-refractivity contribution in [2.45, 2.75) is 26.7 Å². The molecule has 0 saturated carbocycles. The van der Waals surface area contributed by atoms with E-state index in [9.17, 15) is 9.18 Å². The highest BCUT2D eigenvalue weighted by Crippen LogP contribution is 2.12. The van der Waals surface area contributed by atoms with Crippen LogP contribution in [0.2, 0.25) is 0 Å². The van der Waals surface area contributed by atoms with Gasteiger partial charge in [0.1, 0.15) is 6.33 Å². The number of rotatable bonds is 6. The summed E-state index contributed by atoms with van der Waals surface area (Å²) in [4.78, 5) is 18.9. The van der Waals surface area contributed by atoms with E-state index >= 15 is 0 Å². The molecular formula is C11H17FN4O. The molecule has 1 heterocycles. The van der Waals surface area contributed by atoms with Crippen molar-refractivity contribution in [3.8, 4) is 0 Å². The van der Waals surface area contributed by atoms with Gasteiger partial charge in [0.25, 0.3) is 0 Å². The molecule has 17 heavy (non-hydrogen) atoms. The van der Waals surface area contributed by atoms with Crippen LogP contribution in [0.5, 0.6) is 0 Å². The molecule has 0 aliphatic heterocycles. The first-order chi connectivity index (χ1) is 8.19. The minimum absolute atomic E-state index is 0.0110. The zero-order valence-corrected chi connectivity index (χ0v) is 10.1. The number of carbonyl (C=O) groups excluding carboxylic acids is 1. The number of amides is 1. The van der Waals surface area contributed by atoms with Gasteiger partial charge in [0.15, 0.2) is 11.6 Å². The van der Waals surface area contributed by atoms with E-state index in [0.29, 0.717) is 18.7 Å². The standard InChI is InChI=1S/C11H17FN4O/c1-3-5-13-9(17)6-14-11-10(12)8(4-2)15-7-16-11/h7H,3-6H2,1-2H3,(H,13,17)(H,14,15,16). The summed E-state index contributed by atoms with van der Waals surface area (Å²) in [5, 5.41) is 5.34. The van der Waals surface area contributed by atoms with Crippen molar-refractivity contribution in [1.82, 2.24) is 15.3 Å². The van der Waals surface area contributed by atoms with Crippen molar-refractivity contribution in [2.75, 3.05) is 18.4 Å². The maximum absolute atomic E-state index is 13.7. The topological polar surface area (TPSA) is 66.9 Å². The molecule has 0 aliphatic carbocycles. The quantitative estimate of drug-likeness (QED) is 0.782. The Morgan fingerprint density at radius 2 is 2.18 bits per heavy atom. The van der Waals surface area contributed by atoms with Crippen LogP contribution in [0, 0.1) is 5.82 Å². The zero-order chi connectivity index (χ0) is 12.7. The third-order valence-corrected chi connectivity index (χ3v) is 2.19. The summed E-state index contributed by atoms with van der Waals surface area (Å²) in [5.41, 5.74) is 0.344. The largest absolute Gasteiger partial charge is 0.358 e. The highest BCUT2D eigenvalue weighted by Gasteiger charge is 2.10. The number of aryl methyl sites for hydroxylation is 1. The first-order valence-corrected chi connectivity index (χ1v) is 5.69. The fourth-order valence-electron chi connectivity index (χ4n) is 1.27. The first-order valence-electron chi connectivity index (χ1n) is 5.69. The van der Waals surface area contributed by atoms with Gasteiger partial charge < -0.3 is 10.6 Å². The molecule has 6 heteroatoms. The molecule has 1 amide bonds. The Balaban J connectivity index is 2.54. The molecule has 0 aromatic carbocycles. The second kappa shape index (κ2) is 6.78. The van der Waals surface area contributed by atoms with Crippen LogP contribution in [0.1, 0.15) is 26.0 Å². The molecule has 1 aromatic heterocycles. The number of nitrogens with zero attached hydrogens (tertiary/aromatic N) is 2. The third-order valence-electron chi connectivity index (χ3n) is 2.19. The summed E-state index contributed by atoms with van der Waals surface area (Å²) in [6.07, 6.45) is 2.65. The summed E-state index contributed by atoms with van der Waals surface area (Å²) in [6, 6.07) is 0. The number of hydrogen-bond donors (Lipinski definition) is 2. The molecular weight excluding hydrogens is 223 g/mol. The van der Waals surface area contributed by atoms with Crippen molar-refractivity contribution in [2.24, 2.45) is 0 Å². The van der Waals surface area contributed by atoms with Crippen molar-refractivity contribution in [1.29, 1.82) is 0 Å². The lowest BCUT2D eigenvalue weighted by Gasteiger charge is -2.08. The summed E-state index contributed by atoms with van der Waals surface area (Å²) in [7, 11) is 0. The predicted molar refractivity (Wildman–Crippen MR) is 63.2 cm³/mol. The average molecular weight is 240 g/mol. The lowest BCUT2D eigenvalue weighted by Crippen LogP contribution is -2.30. The molecule has 1 aromatic rings. The van der Waals surface area contributed by atoms with Crippen LogP contribution < -0.4 is 10.6 Å². The third kappa shape index (κ3) is 3.97. The number of carbonyl (C=O) groups is 1. The smallest absolute Gasteiger partial charge is 0.239 e. The Morgan fingerprint density at radius 1 is 1.41 bits per heavy atom. The van der Waals surface area contributed by atoms with E-state index in [2.05, 4.69) is 20.6 Å². The molecule has 0 spiro atoms. The monoisotopic (exact) mass is 240 g/mol. The van der Waals surface area contributed by atoms with Gasteiger partial charge in [0, 0.05) is 6.54 Å². The van der Waals surface area contributed by atoms with E-state index in [1.807, 2.05) is 13.8 Å². The minimum Gasteiger partial charge on any atom is -0.358 e. The van der Waals surface area contributed by atoms with E-state index in [-0.39, 0.29) is 18.3 Å². The number of aromatic nitrogens is 2. The van der Waals surface area contributed by atoms with Crippen LogP contribution >= 0.6 is 0 Å². The molecule has 0 radical (unpaired) electrons. The number of anilines is 1. The van der Waals surface area contributed by atoms with Gasteiger partial charge in [0.05, 0.1) is 12.2 Å². The van der Waals surface area contributed by atoms with Crippen LogP contribution in [0.25, 0.3) is 0 Å². The second-order valence-electron chi connectivity index (χ2n) is 3.54.